The monoisotopic (exact) mass is 416 g/mol. The van der Waals surface area contributed by atoms with Gasteiger partial charge >= 0.3 is 0 Å². The van der Waals surface area contributed by atoms with Gasteiger partial charge in [0.05, 0.1) is 16.3 Å². The third-order valence-corrected chi connectivity index (χ3v) is 6.99. The van der Waals surface area contributed by atoms with E-state index in [2.05, 4.69) is 19.2 Å². The maximum absolute atomic E-state index is 9.98. The molecule has 0 bridgehead atoms. The quantitative estimate of drug-likeness (QED) is 0.424. The van der Waals surface area contributed by atoms with Crippen molar-refractivity contribution in [1.82, 2.24) is 15.0 Å². The maximum Gasteiger partial charge on any atom is 0.189 e. The van der Waals surface area contributed by atoms with Crippen molar-refractivity contribution in [1.29, 1.82) is 0 Å². The summed E-state index contributed by atoms with van der Waals surface area (Å²) < 4.78 is 1.06. The number of aliphatic hydroxyl groups is 1. The molecule has 0 fully saturated rings. The summed E-state index contributed by atoms with van der Waals surface area (Å²) in [5.41, 5.74) is 5.21. The largest absolute Gasteiger partial charge is 0.391 e. The van der Waals surface area contributed by atoms with Gasteiger partial charge in [-0.3, -0.25) is 0 Å². The number of hydrogen-bond donors (Lipinski definition) is 2. The van der Waals surface area contributed by atoms with E-state index >= 15 is 0 Å². The van der Waals surface area contributed by atoms with Crippen LogP contribution in [0.3, 0.4) is 0 Å². The zero-order valence-electron chi connectivity index (χ0n) is 17.0. The van der Waals surface area contributed by atoms with Gasteiger partial charge in [0, 0.05) is 17.6 Å². The van der Waals surface area contributed by atoms with Crippen LogP contribution in [-0.4, -0.2) is 39.0 Å². The molecule has 150 valence electrons. The number of aryl methyl sites for hydroxylation is 1. The van der Waals surface area contributed by atoms with Crippen molar-refractivity contribution in [2.24, 2.45) is 5.92 Å². The fraction of sp³-hybridized carbons (Fsp3) is 0.571. The minimum Gasteiger partial charge on any atom is -0.391 e. The molecule has 4 rings (SSSR count). The lowest BCUT2D eigenvalue weighted by Crippen LogP contribution is -2.19. The fourth-order valence-corrected chi connectivity index (χ4v) is 5.44. The van der Waals surface area contributed by atoms with E-state index in [1.165, 1.54) is 28.6 Å². The standard InChI is InChI=1S/C21H28N4OS2/c1-5-12(26)10-22-19-18-17(24-21(25-19)27-4)16-14-8-6-7-13(14)15(9-11(2)3)23-20(16)28-18/h11-12,26H,5-10H2,1-4H3,(H,22,24,25). The molecule has 1 aliphatic rings. The average molecular weight is 417 g/mol. The second kappa shape index (κ2) is 8.13. The van der Waals surface area contributed by atoms with E-state index in [1.807, 2.05) is 13.2 Å². The molecule has 0 aromatic carbocycles. The summed E-state index contributed by atoms with van der Waals surface area (Å²) in [6.45, 7) is 7.00. The minimum absolute atomic E-state index is 0.378. The zero-order valence-corrected chi connectivity index (χ0v) is 18.6. The summed E-state index contributed by atoms with van der Waals surface area (Å²) in [4.78, 5) is 15.8. The van der Waals surface area contributed by atoms with E-state index in [-0.39, 0.29) is 6.10 Å². The van der Waals surface area contributed by atoms with Crippen LogP contribution in [0.2, 0.25) is 0 Å². The maximum atomic E-state index is 9.98. The summed E-state index contributed by atoms with van der Waals surface area (Å²) >= 11 is 3.24. The zero-order chi connectivity index (χ0) is 19.8. The first kappa shape index (κ1) is 19.9. The highest BCUT2D eigenvalue weighted by Gasteiger charge is 2.25. The molecular weight excluding hydrogens is 388 g/mol. The number of aromatic nitrogens is 3. The smallest absolute Gasteiger partial charge is 0.189 e. The number of thiophene rings is 1. The van der Waals surface area contributed by atoms with Crippen LogP contribution in [0.1, 0.15) is 50.4 Å². The third kappa shape index (κ3) is 3.60. The average Bonchev–Trinajstić information content (AvgIpc) is 3.29. The highest BCUT2D eigenvalue weighted by Crippen LogP contribution is 2.42. The van der Waals surface area contributed by atoms with Crippen molar-refractivity contribution >= 4 is 49.3 Å². The minimum atomic E-state index is -0.378. The van der Waals surface area contributed by atoms with Gasteiger partial charge in [-0.2, -0.15) is 0 Å². The first-order chi connectivity index (χ1) is 13.5. The Morgan fingerprint density at radius 1 is 1.18 bits per heavy atom. The van der Waals surface area contributed by atoms with E-state index in [1.54, 1.807) is 23.1 Å². The number of hydrogen-bond acceptors (Lipinski definition) is 7. The lowest BCUT2D eigenvalue weighted by molar-refractivity contribution is 0.183. The Bertz CT molecular complexity index is 1010. The van der Waals surface area contributed by atoms with Crippen LogP contribution in [0.4, 0.5) is 5.82 Å². The molecule has 5 nitrogen and oxygen atoms in total. The van der Waals surface area contributed by atoms with Crippen molar-refractivity contribution in [3.8, 4) is 0 Å². The molecule has 3 aromatic rings. The van der Waals surface area contributed by atoms with E-state index in [0.29, 0.717) is 12.5 Å². The first-order valence-corrected chi connectivity index (χ1v) is 12.2. The summed E-state index contributed by atoms with van der Waals surface area (Å²) in [6, 6.07) is 0. The number of nitrogens with zero attached hydrogens (tertiary/aromatic N) is 3. The Hall–Kier alpha value is -1.44. The van der Waals surface area contributed by atoms with Gasteiger partial charge in [0.25, 0.3) is 0 Å². The van der Waals surface area contributed by atoms with Crippen molar-refractivity contribution in [2.75, 3.05) is 18.1 Å². The van der Waals surface area contributed by atoms with Crippen LogP contribution in [0, 0.1) is 5.92 Å². The third-order valence-electron chi connectivity index (χ3n) is 5.36. The van der Waals surface area contributed by atoms with Crippen LogP contribution < -0.4 is 5.32 Å². The van der Waals surface area contributed by atoms with E-state index in [9.17, 15) is 5.11 Å². The number of rotatable bonds is 7. The van der Waals surface area contributed by atoms with Gasteiger partial charge in [0.2, 0.25) is 0 Å². The van der Waals surface area contributed by atoms with Gasteiger partial charge < -0.3 is 10.4 Å². The van der Waals surface area contributed by atoms with E-state index in [0.717, 1.165) is 51.7 Å². The predicted molar refractivity (Wildman–Crippen MR) is 120 cm³/mol. The number of aliphatic hydroxyl groups excluding tert-OH is 1. The Labute approximate surface area is 174 Å². The van der Waals surface area contributed by atoms with Crippen molar-refractivity contribution in [3.05, 3.63) is 16.8 Å². The van der Waals surface area contributed by atoms with Gasteiger partial charge in [-0.15, -0.1) is 11.3 Å². The van der Waals surface area contributed by atoms with Crippen molar-refractivity contribution < 1.29 is 5.11 Å². The van der Waals surface area contributed by atoms with E-state index in [4.69, 9.17) is 15.0 Å². The molecule has 7 heteroatoms. The topological polar surface area (TPSA) is 70.9 Å². The summed E-state index contributed by atoms with van der Waals surface area (Å²) in [5, 5.41) is 15.3. The molecule has 0 amide bonds. The van der Waals surface area contributed by atoms with Gasteiger partial charge in [0.1, 0.15) is 10.6 Å². The molecule has 2 N–H and O–H groups in total. The molecular formula is C21H28N4OS2. The van der Waals surface area contributed by atoms with Gasteiger partial charge in [0.15, 0.2) is 5.16 Å². The van der Waals surface area contributed by atoms with Gasteiger partial charge in [-0.1, -0.05) is 32.5 Å². The highest BCUT2D eigenvalue weighted by molar-refractivity contribution is 7.98. The Balaban J connectivity index is 1.92. The van der Waals surface area contributed by atoms with Crippen LogP contribution in [0.25, 0.3) is 20.4 Å². The summed E-state index contributed by atoms with van der Waals surface area (Å²) in [5.74, 6) is 1.42. The number of pyridine rings is 1. The number of anilines is 1. The molecule has 3 aromatic heterocycles. The summed E-state index contributed by atoms with van der Waals surface area (Å²) in [7, 11) is 0. The van der Waals surface area contributed by atoms with Crippen LogP contribution in [-0.2, 0) is 19.3 Å². The molecule has 1 aliphatic carbocycles. The fourth-order valence-electron chi connectivity index (χ4n) is 3.95. The molecule has 0 radical (unpaired) electrons. The van der Waals surface area contributed by atoms with Crippen LogP contribution in [0.15, 0.2) is 5.16 Å². The molecule has 1 unspecified atom stereocenters. The molecule has 0 spiro atoms. The SMILES string of the molecule is CCC(O)CNc1nc(SC)nc2c1sc1nc(CC(C)C)c3c(c12)CCC3. The second-order valence-electron chi connectivity index (χ2n) is 7.93. The number of thioether (sulfide) groups is 1. The molecule has 28 heavy (non-hydrogen) atoms. The molecule has 1 atom stereocenters. The lowest BCUT2D eigenvalue weighted by Gasteiger charge is -2.12. The van der Waals surface area contributed by atoms with Crippen LogP contribution in [0.5, 0.6) is 0 Å². The van der Waals surface area contributed by atoms with Gasteiger partial charge in [-0.05, 0) is 55.4 Å². The van der Waals surface area contributed by atoms with Crippen molar-refractivity contribution in [2.45, 2.75) is 64.1 Å². The van der Waals surface area contributed by atoms with Crippen LogP contribution >= 0.6 is 23.1 Å². The number of nitrogens with one attached hydrogen (secondary N) is 1. The predicted octanol–water partition coefficient (Wildman–Crippen LogP) is 4.83. The molecule has 0 aliphatic heterocycles. The first-order valence-electron chi connectivity index (χ1n) is 10.1. The normalized spacial score (nSPS) is 14.9. The molecule has 0 saturated carbocycles. The molecule has 3 heterocycles. The van der Waals surface area contributed by atoms with Crippen molar-refractivity contribution in [3.63, 3.8) is 0 Å². The Morgan fingerprint density at radius 3 is 2.68 bits per heavy atom. The van der Waals surface area contributed by atoms with Gasteiger partial charge in [-0.25, -0.2) is 15.0 Å². The Kier molecular flexibility index (Phi) is 5.76. The van der Waals surface area contributed by atoms with E-state index < -0.39 is 0 Å². The summed E-state index contributed by atoms with van der Waals surface area (Å²) in [6.07, 6.45) is 6.82. The molecule has 0 saturated heterocycles. The lowest BCUT2D eigenvalue weighted by atomic mass is 9.99. The highest BCUT2D eigenvalue weighted by atomic mass is 32.2. The number of fused-ring (bicyclic) bond motifs is 5. The second-order valence-corrected chi connectivity index (χ2v) is 9.70. The Morgan fingerprint density at radius 2 is 1.96 bits per heavy atom.